The van der Waals surface area contributed by atoms with Gasteiger partial charge in [-0.15, -0.1) is 0 Å². The molecule has 0 saturated carbocycles. The monoisotopic (exact) mass is 284 g/mol. The van der Waals surface area contributed by atoms with Crippen molar-refractivity contribution in [1.29, 1.82) is 0 Å². The summed E-state index contributed by atoms with van der Waals surface area (Å²) in [5.74, 6) is -0.932. The molecule has 19 heavy (non-hydrogen) atoms. The number of benzene rings is 1. The molecule has 0 unspecified atom stereocenters. The van der Waals surface area contributed by atoms with Gasteiger partial charge in [-0.05, 0) is 12.1 Å². The number of ether oxygens (including phenoxy) is 1. The Kier molecular flexibility index (Phi) is 3.95. The summed E-state index contributed by atoms with van der Waals surface area (Å²) in [6, 6.07) is 4.28. The molecule has 0 saturated heterocycles. The lowest BCUT2D eigenvalue weighted by atomic mass is 10.2. The van der Waals surface area contributed by atoms with Gasteiger partial charge in [0.1, 0.15) is 16.8 Å². The fourth-order valence-corrected chi connectivity index (χ4v) is 1.57. The normalized spacial score (nSPS) is 10.8. The van der Waals surface area contributed by atoms with E-state index in [0.717, 1.165) is 18.2 Å². The molecule has 0 bridgehead atoms. The molecule has 0 fully saturated rings. The van der Waals surface area contributed by atoms with Gasteiger partial charge in [0.25, 0.3) is 0 Å². The maximum absolute atomic E-state index is 13.4. The zero-order chi connectivity index (χ0) is 14.0. The number of nitrogens with zero attached hydrogens (tertiary/aromatic N) is 2. The first-order chi connectivity index (χ1) is 8.95. The lowest BCUT2D eigenvalue weighted by molar-refractivity contribution is 0.418. The molecule has 2 aromatic rings. The zero-order valence-electron chi connectivity index (χ0n) is 10.3. The Morgan fingerprint density at radius 2 is 1.89 bits per heavy atom. The van der Waals surface area contributed by atoms with E-state index in [1.165, 1.54) is 6.07 Å². The molecule has 0 atom stereocenters. The molecule has 0 radical (unpaired) electrons. The van der Waals surface area contributed by atoms with Crippen molar-refractivity contribution in [2.24, 2.45) is 0 Å². The molecule has 1 aromatic heterocycles. The third kappa shape index (κ3) is 3.38. The molecule has 100 valence electrons. The number of hydrogen-bond donors (Lipinski definition) is 0. The van der Waals surface area contributed by atoms with Crippen molar-refractivity contribution < 1.29 is 13.5 Å². The summed E-state index contributed by atoms with van der Waals surface area (Å²) in [6.45, 7) is 3.77. The molecule has 6 heteroatoms. The van der Waals surface area contributed by atoms with Gasteiger partial charge < -0.3 is 4.74 Å². The van der Waals surface area contributed by atoms with Gasteiger partial charge in [0.15, 0.2) is 11.6 Å². The summed E-state index contributed by atoms with van der Waals surface area (Å²) in [6.07, 6.45) is 0. The van der Waals surface area contributed by atoms with Gasteiger partial charge in [0, 0.05) is 18.1 Å². The number of aromatic nitrogens is 2. The van der Waals surface area contributed by atoms with Crippen LogP contribution < -0.4 is 4.74 Å². The van der Waals surface area contributed by atoms with Crippen molar-refractivity contribution >= 4 is 11.6 Å². The maximum Gasteiger partial charge on any atom is 0.224 e. The third-order valence-electron chi connectivity index (χ3n) is 2.31. The largest absolute Gasteiger partial charge is 0.436 e. The highest BCUT2D eigenvalue weighted by molar-refractivity contribution is 6.29. The topological polar surface area (TPSA) is 35.0 Å². The molecular formula is C13H11ClF2N2O. The van der Waals surface area contributed by atoms with Crippen LogP contribution in [0.4, 0.5) is 8.78 Å². The van der Waals surface area contributed by atoms with Crippen LogP contribution in [0.5, 0.6) is 11.6 Å². The minimum absolute atomic E-state index is 0.0402. The van der Waals surface area contributed by atoms with Crippen LogP contribution in [-0.2, 0) is 0 Å². The minimum atomic E-state index is -0.678. The summed E-state index contributed by atoms with van der Waals surface area (Å²) in [7, 11) is 0. The van der Waals surface area contributed by atoms with Crippen LogP contribution in [0, 0.1) is 11.6 Å². The van der Waals surface area contributed by atoms with Crippen LogP contribution in [0.25, 0.3) is 0 Å². The van der Waals surface area contributed by atoms with E-state index in [0.29, 0.717) is 5.82 Å². The van der Waals surface area contributed by atoms with Crippen LogP contribution in [0.1, 0.15) is 25.6 Å². The Morgan fingerprint density at radius 1 is 1.16 bits per heavy atom. The van der Waals surface area contributed by atoms with Crippen LogP contribution >= 0.6 is 11.6 Å². The summed E-state index contributed by atoms with van der Waals surface area (Å²) in [5, 5.41) is 0.186. The van der Waals surface area contributed by atoms with Crippen LogP contribution in [0.3, 0.4) is 0 Å². The van der Waals surface area contributed by atoms with Gasteiger partial charge in [-0.25, -0.2) is 13.8 Å². The second kappa shape index (κ2) is 5.48. The summed E-state index contributed by atoms with van der Waals surface area (Å²) in [5.41, 5.74) is 0. The SMILES string of the molecule is CC(C)c1nc(Cl)cc(Oc2cc(F)ccc2F)n1. The standard InChI is InChI=1S/C13H11ClF2N2O/c1-7(2)13-17-11(14)6-12(18-13)19-10-5-8(15)3-4-9(10)16/h3-7H,1-2H3. The maximum atomic E-state index is 13.4. The van der Waals surface area contributed by atoms with E-state index < -0.39 is 11.6 Å². The number of hydrogen-bond acceptors (Lipinski definition) is 3. The van der Waals surface area contributed by atoms with Gasteiger partial charge in [0.05, 0.1) is 0 Å². The van der Waals surface area contributed by atoms with Gasteiger partial charge in [-0.3, -0.25) is 0 Å². The molecular weight excluding hydrogens is 274 g/mol. The molecule has 0 amide bonds. The molecule has 1 aromatic carbocycles. The van der Waals surface area contributed by atoms with E-state index in [9.17, 15) is 8.78 Å². The molecule has 0 aliphatic carbocycles. The Labute approximate surface area is 114 Å². The van der Waals surface area contributed by atoms with Crippen molar-refractivity contribution in [2.75, 3.05) is 0 Å². The lowest BCUT2D eigenvalue weighted by Gasteiger charge is -2.09. The first kappa shape index (κ1) is 13.7. The van der Waals surface area contributed by atoms with Crippen molar-refractivity contribution in [2.45, 2.75) is 19.8 Å². The van der Waals surface area contributed by atoms with E-state index in [2.05, 4.69) is 9.97 Å². The van der Waals surface area contributed by atoms with Gasteiger partial charge in [0.2, 0.25) is 5.88 Å². The third-order valence-corrected chi connectivity index (χ3v) is 2.51. The van der Waals surface area contributed by atoms with Crippen molar-refractivity contribution in [3.63, 3.8) is 0 Å². The van der Waals surface area contributed by atoms with E-state index >= 15 is 0 Å². The molecule has 0 spiro atoms. The van der Waals surface area contributed by atoms with E-state index in [-0.39, 0.29) is 22.7 Å². The molecule has 0 aliphatic rings. The summed E-state index contributed by atoms with van der Waals surface area (Å²) in [4.78, 5) is 8.11. The van der Waals surface area contributed by atoms with Crippen molar-refractivity contribution in [1.82, 2.24) is 9.97 Å². The predicted molar refractivity (Wildman–Crippen MR) is 67.6 cm³/mol. The second-order valence-corrected chi connectivity index (χ2v) is 4.61. The highest BCUT2D eigenvalue weighted by Gasteiger charge is 2.11. The van der Waals surface area contributed by atoms with Gasteiger partial charge in [-0.1, -0.05) is 25.4 Å². The molecule has 1 heterocycles. The fraction of sp³-hybridized carbons (Fsp3) is 0.231. The Balaban J connectivity index is 2.35. The Bertz CT molecular complexity index is 605. The molecule has 0 N–H and O–H groups in total. The fourth-order valence-electron chi connectivity index (χ4n) is 1.39. The van der Waals surface area contributed by atoms with Crippen LogP contribution in [0.15, 0.2) is 24.3 Å². The molecule has 3 nitrogen and oxygen atoms in total. The zero-order valence-corrected chi connectivity index (χ0v) is 11.1. The Hall–Kier alpha value is -1.75. The summed E-state index contributed by atoms with van der Waals surface area (Å²) < 4.78 is 31.7. The lowest BCUT2D eigenvalue weighted by Crippen LogP contribution is -2.00. The second-order valence-electron chi connectivity index (χ2n) is 4.22. The van der Waals surface area contributed by atoms with Crippen LogP contribution in [0.2, 0.25) is 5.15 Å². The minimum Gasteiger partial charge on any atom is -0.436 e. The first-order valence-electron chi connectivity index (χ1n) is 5.63. The quantitative estimate of drug-likeness (QED) is 0.787. The molecule has 2 rings (SSSR count). The van der Waals surface area contributed by atoms with Crippen LogP contribution in [-0.4, -0.2) is 9.97 Å². The highest BCUT2D eigenvalue weighted by atomic mass is 35.5. The van der Waals surface area contributed by atoms with E-state index in [1.807, 2.05) is 13.8 Å². The summed E-state index contributed by atoms with van der Waals surface area (Å²) >= 11 is 5.83. The number of halogens is 3. The Morgan fingerprint density at radius 3 is 2.58 bits per heavy atom. The first-order valence-corrected chi connectivity index (χ1v) is 6.01. The van der Waals surface area contributed by atoms with E-state index in [4.69, 9.17) is 16.3 Å². The van der Waals surface area contributed by atoms with E-state index in [1.54, 1.807) is 0 Å². The average Bonchev–Trinajstić information content (AvgIpc) is 2.33. The average molecular weight is 285 g/mol. The van der Waals surface area contributed by atoms with Crippen molar-refractivity contribution in [3.05, 3.63) is 46.9 Å². The predicted octanol–water partition coefficient (Wildman–Crippen LogP) is 4.32. The van der Waals surface area contributed by atoms with Gasteiger partial charge in [-0.2, -0.15) is 4.98 Å². The number of rotatable bonds is 3. The molecule has 0 aliphatic heterocycles. The highest BCUT2D eigenvalue weighted by Crippen LogP contribution is 2.26. The van der Waals surface area contributed by atoms with Gasteiger partial charge >= 0.3 is 0 Å². The van der Waals surface area contributed by atoms with Crippen molar-refractivity contribution in [3.8, 4) is 11.6 Å². The smallest absolute Gasteiger partial charge is 0.224 e.